The molecule has 0 radical (unpaired) electrons. The quantitative estimate of drug-likeness (QED) is 0.243. The Kier molecular flexibility index (Phi) is 5.27. The zero-order chi connectivity index (χ0) is 22.0. The molecule has 0 fully saturated rings. The summed E-state index contributed by atoms with van der Waals surface area (Å²) in [5.74, 6) is 0. The molecule has 0 unspecified atom stereocenters. The minimum atomic E-state index is -0.729. The maximum absolute atomic E-state index is 5.16. The molecule has 6 rings (SSSR count). The van der Waals surface area contributed by atoms with Crippen molar-refractivity contribution in [3.8, 4) is 22.5 Å². The van der Waals surface area contributed by atoms with Crippen molar-refractivity contribution in [3.63, 3.8) is 0 Å². The molecule has 2 aromatic heterocycles. The van der Waals surface area contributed by atoms with Gasteiger partial charge in [-0.2, -0.15) is 0 Å². The first-order valence-electron chi connectivity index (χ1n) is 10.9. The van der Waals surface area contributed by atoms with Crippen molar-refractivity contribution in [2.45, 2.75) is 0 Å². The van der Waals surface area contributed by atoms with Crippen LogP contribution in [-0.4, -0.2) is 9.97 Å². The number of hydrogen-bond acceptors (Lipinski definition) is 2. The second-order valence-corrected chi connectivity index (χ2v) is 10.9. The number of pyridine rings is 2. The van der Waals surface area contributed by atoms with E-state index in [1.54, 1.807) is 0 Å². The average Bonchev–Trinajstić information content (AvgIpc) is 2.89. The summed E-state index contributed by atoms with van der Waals surface area (Å²) in [7, 11) is 0. The third-order valence-corrected chi connectivity index (χ3v) is 8.11. The zero-order valence-electron chi connectivity index (χ0n) is 17.8. The Bertz CT molecular complexity index is 1460. The number of fused-ring (bicyclic) bond motifs is 2. The molecule has 0 amide bonds. The molecule has 4 aromatic carbocycles. The second-order valence-electron chi connectivity index (χ2n) is 7.80. The van der Waals surface area contributed by atoms with Gasteiger partial charge in [0.1, 0.15) is 0 Å². The molecule has 0 aliphatic heterocycles. The number of nitrogens with zero attached hydrogens (tertiary/aromatic N) is 2. The summed E-state index contributed by atoms with van der Waals surface area (Å²) in [5.41, 5.74) is 4.41. The van der Waals surface area contributed by atoms with E-state index < -0.39 is 17.7 Å². The van der Waals surface area contributed by atoms with Gasteiger partial charge in [-0.25, -0.2) is 0 Å². The molecule has 0 saturated carbocycles. The van der Waals surface area contributed by atoms with Crippen LogP contribution in [0.25, 0.3) is 44.1 Å². The van der Waals surface area contributed by atoms with E-state index in [0.29, 0.717) is 0 Å². The summed E-state index contributed by atoms with van der Waals surface area (Å²) in [6, 6.07) is 42.5. The topological polar surface area (TPSA) is 25.8 Å². The second kappa shape index (κ2) is 8.71. The van der Waals surface area contributed by atoms with Crippen LogP contribution in [0.2, 0.25) is 0 Å². The number of aromatic nitrogens is 2. The van der Waals surface area contributed by atoms with Crippen LogP contribution < -0.4 is 8.42 Å². The Balaban J connectivity index is 1.50. The predicted octanol–water partition coefficient (Wildman–Crippen LogP) is 6.15. The van der Waals surface area contributed by atoms with E-state index in [4.69, 9.17) is 9.97 Å². The van der Waals surface area contributed by atoms with E-state index in [2.05, 4.69) is 109 Å². The summed E-state index contributed by atoms with van der Waals surface area (Å²) in [5, 5.41) is 4.84. The standard InChI is InChI=1S/2C15H10N.Ir/c2*1-2-7-13(8-3-1)15-14-9-5-4-6-12(14)10-11-16-15;/h2*1-10H;. The van der Waals surface area contributed by atoms with Crippen molar-refractivity contribution in [3.05, 3.63) is 121 Å². The predicted molar refractivity (Wildman–Crippen MR) is 134 cm³/mol. The first-order valence-corrected chi connectivity index (χ1v) is 13.3. The normalized spacial score (nSPS) is 11.3. The molecular weight excluding hydrogens is 581 g/mol. The van der Waals surface area contributed by atoms with Gasteiger partial charge in [0.05, 0.1) is 0 Å². The zero-order valence-corrected chi connectivity index (χ0v) is 20.2. The van der Waals surface area contributed by atoms with Crippen LogP contribution in [0.1, 0.15) is 0 Å². The van der Waals surface area contributed by atoms with Crippen LogP contribution >= 0.6 is 0 Å². The van der Waals surface area contributed by atoms with Crippen molar-refractivity contribution in [2.24, 2.45) is 0 Å². The van der Waals surface area contributed by atoms with Gasteiger partial charge in [0.15, 0.2) is 0 Å². The third-order valence-electron chi connectivity index (χ3n) is 5.66. The Labute approximate surface area is 200 Å². The average molecular weight is 601 g/mol. The van der Waals surface area contributed by atoms with Gasteiger partial charge in [-0.15, -0.1) is 0 Å². The van der Waals surface area contributed by atoms with Crippen LogP contribution in [0.5, 0.6) is 0 Å². The van der Waals surface area contributed by atoms with Gasteiger partial charge in [-0.05, 0) is 0 Å². The van der Waals surface area contributed by atoms with Crippen LogP contribution in [0.4, 0.5) is 0 Å². The number of hydrogen-bond donors (Lipinski definition) is 0. The van der Waals surface area contributed by atoms with Gasteiger partial charge in [-0.3, -0.25) is 0 Å². The van der Waals surface area contributed by atoms with Crippen LogP contribution in [-0.2, 0) is 17.7 Å². The van der Waals surface area contributed by atoms with E-state index in [1.165, 1.54) is 21.5 Å². The maximum atomic E-state index is 5.16. The van der Waals surface area contributed by atoms with Crippen LogP contribution in [0.15, 0.2) is 121 Å². The molecule has 3 heteroatoms. The molecule has 2 nitrogen and oxygen atoms in total. The van der Waals surface area contributed by atoms with Gasteiger partial charge in [0, 0.05) is 0 Å². The molecule has 33 heavy (non-hydrogen) atoms. The van der Waals surface area contributed by atoms with E-state index in [1.807, 2.05) is 12.1 Å². The van der Waals surface area contributed by atoms with Crippen LogP contribution in [0, 0.1) is 0 Å². The van der Waals surface area contributed by atoms with E-state index >= 15 is 0 Å². The summed E-state index contributed by atoms with van der Waals surface area (Å²) < 4.78 is 2.30. The number of benzene rings is 4. The summed E-state index contributed by atoms with van der Waals surface area (Å²) in [6.45, 7) is 0. The van der Waals surface area contributed by atoms with E-state index in [9.17, 15) is 0 Å². The SMILES string of the molecule is c1ccc(-c2n[c]([Ir][c]3cc4ccccc4c(-c4ccccc4)n3)cc3ccccc23)cc1. The van der Waals surface area contributed by atoms with Gasteiger partial charge >= 0.3 is 201 Å². The van der Waals surface area contributed by atoms with Crippen molar-refractivity contribution in [1.82, 2.24) is 9.97 Å². The minimum absolute atomic E-state index is 0.729. The molecule has 159 valence electrons. The monoisotopic (exact) mass is 601 g/mol. The van der Waals surface area contributed by atoms with E-state index in [-0.39, 0.29) is 0 Å². The summed E-state index contributed by atoms with van der Waals surface area (Å²) in [6.07, 6.45) is 0. The molecule has 6 aromatic rings. The first kappa shape index (κ1) is 20.0. The molecular formula is C30H20IrN2. The van der Waals surface area contributed by atoms with Gasteiger partial charge in [0.2, 0.25) is 0 Å². The van der Waals surface area contributed by atoms with Gasteiger partial charge < -0.3 is 0 Å². The van der Waals surface area contributed by atoms with Crippen molar-refractivity contribution < 1.29 is 17.7 Å². The van der Waals surface area contributed by atoms with Crippen molar-refractivity contribution in [2.75, 3.05) is 0 Å². The van der Waals surface area contributed by atoms with E-state index in [0.717, 1.165) is 30.9 Å². The molecule has 0 atom stereocenters. The Morgan fingerprint density at radius 1 is 0.424 bits per heavy atom. The first-order chi connectivity index (χ1) is 16.3. The van der Waals surface area contributed by atoms with Crippen molar-refractivity contribution in [1.29, 1.82) is 0 Å². The van der Waals surface area contributed by atoms with Crippen molar-refractivity contribution >= 4 is 30.0 Å². The Hall–Kier alpha value is -3.65. The molecule has 0 saturated heterocycles. The molecule has 0 N–H and O–H groups in total. The van der Waals surface area contributed by atoms with Gasteiger partial charge in [-0.1, -0.05) is 0 Å². The Morgan fingerprint density at radius 2 is 0.818 bits per heavy atom. The molecule has 0 aliphatic rings. The number of rotatable bonds is 4. The third kappa shape index (κ3) is 3.98. The fraction of sp³-hybridized carbons (Fsp3) is 0. The fourth-order valence-electron chi connectivity index (χ4n) is 4.11. The molecule has 2 heterocycles. The van der Waals surface area contributed by atoms with Gasteiger partial charge in [0.25, 0.3) is 0 Å². The molecule has 0 aliphatic carbocycles. The summed E-state index contributed by atoms with van der Waals surface area (Å²) >= 11 is -0.729. The fourth-order valence-corrected chi connectivity index (χ4v) is 6.64. The van der Waals surface area contributed by atoms with Crippen LogP contribution in [0.3, 0.4) is 0 Å². The molecule has 0 bridgehead atoms. The Morgan fingerprint density at radius 3 is 1.27 bits per heavy atom. The molecule has 0 spiro atoms. The summed E-state index contributed by atoms with van der Waals surface area (Å²) in [4.78, 5) is 10.3.